The van der Waals surface area contributed by atoms with Crippen molar-refractivity contribution in [1.29, 1.82) is 0 Å². The summed E-state index contributed by atoms with van der Waals surface area (Å²) >= 11 is 0. The molecule has 0 saturated carbocycles. The number of carbonyl (C=O) groups is 1. The molecule has 1 amide bonds. The second-order valence-corrected chi connectivity index (χ2v) is 4.77. The Morgan fingerprint density at radius 3 is 2.75 bits per heavy atom. The number of rotatable bonds is 6. The Balaban J connectivity index is 2.35. The van der Waals surface area contributed by atoms with Crippen LogP contribution in [0.3, 0.4) is 0 Å². The third kappa shape index (κ3) is 4.21. The lowest BCUT2D eigenvalue weighted by Gasteiger charge is -2.06. The second kappa shape index (κ2) is 6.51. The van der Waals surface area contributed by atoms with Gasteiger partial charge >= 0.3 is 0 Å². The van der Waals surface area contributed by atoms with Crippen molar-refractivity contribution < 1.29 is 4.79 Å². The first-order valence-corrected chi connectivity index (χ1v) is 6.25. The van der Waals surface area contributed by atoms with Crippen LogP contribution in [0.5, 0.6) is 0 Å². The number of carbonyl (C=O) groups excluding carboxylic acids is 1. The molecule has 16 heavy (non-hydrogen) atoms. The van der Waals surface area contributed by atoms with Crippen LogP contribution in [0, 0.1) is 5.92 Å². The van der Waals surface area contributed by atoms with Gasteiger partial charge in [-0.25, -0.2) is 0 Å². The normalized spacial score (nSPS) is 22.6. The molecule has 0 aromatic carbocycles. The Kier molecular flexibility index (Phi) is 5.29. The lowest BCUT2D eigenvalue weighted by atomic mass is 10.1. The molecule has 1 unspecified atom stereocenters. The van der Waals surface area contributed by atoms with Crippen molar-refractivity contribution in [2.24, 2.45) is 10.9 Å². The first-order chi connectivity index (χ1) is 7.63. The molecule has 0 aliphatic carbocycles. The summed E-state index contributed by atoms with van der Waals surface area (Å²) in [5, 5.41) is 5.93. The van der Waals surface area contributed by atoms with Gasteiger partial charge in [0.05, 0.1) is 0 Å². The van der Waals surface area contributed by atoms with Crippen molar-refractivity contribution in [2.45, 2.75) is 52.5 Å². The fraction of sp³-hybridized carbons (Fsp3) is 0.833. The highest BCUT2D eigenvalue weighted by molar-refractivity contribution is 6.06. The highest BCUT2D eigenvalue weighted by Crippen LogP contribution is 2.06. The van der Waals surface area contributed by atoms with Gasteiger partial charge < -0.3 is 5.32 Å². The topological polar surface area (TPSA) is 53.5 Å². The molecular formula is C12H23N3O. The maximum Gasteiger partial charge on any atom is 0.249 e. The van der Waals surface area contributed by atoms with Gasteiger partial charge in [-0.3, -0.25) is 15.1 Å². The lowest BCUT2D eigenvalue weighted by molar-refractivity contribution is -0.120. The Morgan fingerprint density at radius 1 is 1.38 bits per heavy atom. The van der Waals surface area contributed by atoms with Crippen molar-refractivity contribution in [3.05, 3.63) is 0 Å². The molecule has 0 bridgehead atoms. The minimum absolute atomic E-state index is 0.0682. The number of nitrogens with one attached hydrogen (secondary N) is 2. The Bertz CT molecular complexity index is 261. The molecule has 0 spiro atoms. The number of unbranched alkanes of at least 4 members (excludes halogenated alkanes) is 2. The largest absolute Gasteiger partial charge is 0.344 e. The zero-order valence-corrected chi connectivity index (χ0v) is 10.5. The Labute approximate surface area is 97.9 Å². The van der Waals surface area contributed by atoms with Gasteiger partial charge in [-0.15, -0.1) is 0 Å². The molecular weight excluding hydrogens is 202 g/mol. The summed E-state index contributed by atoms with van der Waals surface area (Å²) < 4.78 is 0. The van der Waals surface area contributed by atoms with E-state index in [-0.39, 0.29) is 11.9 Å². The van der Waals surface area contributed by atoms with Gasteiger partial charge in [0.15, 0.2) is 5.96 Å². The summed E-state index contributed by atoms with van der Waals surface area (Å²) in [5.41, 5.74) is 0. The molecule has 1 atom stereocenters. The summed E-state index contributed by atoms with van der Waals surface area (Å²) in [4.78, 5) is 15.9. The molecule has 4 nitrogen and oxygen atoms in total. The van der Waals surface area contributed by atoms with E-state index >= 15 is 0 Å². The molecule has 92 valence electrons. The van der Waals surface area contributed by atoms with E-state index in [2.05, 4.69) is 36.4 Å². The molecule has 0 aromatic rings. The highest BCUT2D eigenvalue weighted by Gasteiger charge is 2.27. The van der Waals surface area contributed by atoms with Crippen molar-refractivity contribution in [1.82, 2.24) is 10.6 Å². The SMILES string of the molecule is CCCCCC1NC(=NCC(C)C)NC1=O. The van der Waals surface area contributed by atoms with E-state index in [1.165, 1.54) is 12.8 Å². The van der Waals surface area contributed by atoms with Crippen LogP contribution < -0.4 is 10.6 Å². The van der Waals surface area contributed by atoms with Gasteiger partial charge in [0.25, 0.3) is 0 Å². The quantitative estimate of drug-likeness (QED) is 0.676. The third-order valence-corrected chi connectivity index (χ3v) is 2.58. The van der Waals surface area contributed by atoms with Gasteiger partial charge in [-0.2, -0.15) is 0 Å². The van der Waals surface area contributed by atoms with Gasteiger partial charge in [0.2, 0.25) is 5.91 Å². The Morgan fingerprint density at radius 2 is 2.12 bits per heavy atom. The van der Waals surface area contributed by atoms with Crippen LogP contribution in [0.25, 0.3) is 0 Å². The standard InChI is InChI=1S/C12H23N3O/c1-4-5-6-7-10-11(16)15-12(14-10)13-8-9(2)3/h9-10H,4-8H2,1-3H3,(H2,13,14,15,16). The fourth-order valence-electron chi connectivity index (χ4n) is 1.63. The predicted octanol–water partition coefficient (Wildman–Crippen LogP) is 1.67. The average Bonchev–Trinajstić information content (AvgIpc) is 2.57. The van der Waals surface area contributed by atoms with Gasteiger partial charge in [0.1, 0.15) is 6.04 Å². The van der Waals surface area contributed by atoms with E-state index in [1.807, 2.05) is 0 Å². The monoisotopic (exact) mass is 225 g/mol. The van der Waals surface area contributed by atoms with Crippen molar-refractivity contribution in [3.63, 3.8) is 0 Å². The van der Waals surface area contributed by atoms with Crippen LogP contribution in [0.1, 0.15) is 46.5 Å². The van der Waals surface area contributed by atoms with Gasteiger partial charge in [-0.05, 0) is 12.3 Å². The zero-order chi connectivity index (χ0) is 12.0. The van der Waals surface area contributed by atoms with E-state index < -0.39 is 0 Å². The van der Waals surface area contributed by atoms with Crippen LogP contribution in [0.15, 0.2) is 4.99 Å². The van der Waals surface area contributed by atoms with Crippen LogP contribution in [-0.2, 0) is 4.79 Å². The number of hydrogen-bond donors (Lipinski definition) is 2. The number of hydrogen-bond acceptors (Lipinski definition) is 2. The maximum atomic E-state index is 11.6. The predicted molar refractivity (Wildman–Crippen MR) is 66.3 cm³/mol. The van der Waals surface area contributed by atoms with Crippen LogP contribution >= 0.6 is 0 Å². The van der Waals surface area contributed by atoms with E-state index in [1.54, 1.807) is 0 Å². The highest BCUT2D eigenvalue weighted by atomic mass is 16.2. The summed E-state index contributed by atoms with van der Waals surface area (Å²) in [6, 6.07) is -0.0718. The van der Waals surface area contributed by atoms with Crippen LogP contribution in [0.4, 0.5) is 0 Å². The number of guanidine groups is 1. The molecule has 2 N–H and O–H groups in total. The van der Waals surface area contributed by atoms with Crippen LogP contribution in [0.2, 0.25) is 0 Å². The van der Waals surface area contributed by atoms with Crippen LogP contribution in [-0.4, -0.2) is 24.5 Å². The lowest BCUT2D eigenvalue weighted by Crippen LogP contribution is -2.29. The van der Waals surface area contributed by atoms with E-state index in [0.29, 0.717) is 11.9 Å². The Hall–Kier alpha value is -1.06. The molecule has 4 heteroatoms. The zero-order valence-electron chi connectivity index (χ0n) is 10.5. The number of amides is 1. The second-order valence-electron chi connectivity index (χ2n) is 4.77. The smallest absolute Gasteiger partial charge is 0.249 e. The van der Waals surface area contributed by atoms with Crippen molar-refractivity contribution in [3.8, 4) is 0 Å². The van der Waals surface area contributed by atoms with Crippen molar-refractivity contribution in [2.75, 3.05) is 6.54 Å². The summed E-state index contributed by atoms with van der Waals surface area (Å²) in [7, 11) is 0. The first kappa shape index (κ1) is 13.0. The average molecular weight is 225 g/mol. The molecule has 1 saturated heterocycles. The third-order valence-electron chi connectivity index (χ3n) is 2.58. The number of aliphatic imine (C=N–C) groups is 1. The molecule has 1 aliphatic rings. The molecule has 1 rings (SSSR count). The van der Waals surface area contributed by atoms with Gasteiger partial charge in [-0.1, -0.05) is 40.0 Å². The molecule has 1 fully saturated rings. The van der Waals surface area contributed by atoms with E-state index in [4.69, 9.17) is 0 Å². The molecule has 0 aromatic heterocycles. The fourth-order valence-corrected chi connectivity index (χ4v) is 1.63. The number of nitrogens with zero attached hydrogens (tertiary/aromatic N) is 1. The molecule has 1 aliphatic heterocycles. The maximum absolute atomic E-state index is 11.6. The van der Waals surface area contributed by atoms with Gasteiger partial charge in [0, 0.05) is 6.54 Å². The van der Waals surface area contributed by atoms with E-state index in [9.17, 15) is 4.79 Å². The molecule has 1 heterocycles. The summed E-state index contributed by atoms with van der Waals surface area (Å²) in [6.07, 6.45) is 4.37. The summed E-state index contributed by atoms with van der Waals surface area (Å²) in [5.74, 6) is 1.24. The minimum atomic E-state index is -0.0718. The first-order valence-electron chi connectivity index (χ1n) is 6.25. The van der Waals surface area contributed by atoms with E-state index in [0.717, 1.165) is 19.4 Å². The van der Waals surface area contributed by atoms with Crippen molar-refractivity contribution >= 4 is 11.9 Å². The molecule has 0 radical (unpaired) electrons. The summed E-state index contributed by atoms with van der Waals surface area (Å²) in [6.45, 7) is 7.14. The minimum Gasteiger partial charge on any atom is -0.344 e.